The fourth-order valence-corrected chi connectivity index (χ4v) is 3.62. The van der Waals surface area contributed by atoms with Gasteiger partial charge in [0.15, 0.2) is 27.3 Å². The molecule has 1 aromatic rings. The van der Waals surface area contributed by atoms with Crippen LogP contribution in [0.3, 0.4) is 0 Å². The molecule has 1 saturated carbocycles. The Hall–Kier alpha value is -1.73. The highest BCUT2D eigenvalue weighted by atomic mass is 35.5. The molecule has 1 unspecified atom stereocenters. The molecule has 1 atom stereocenters. The average molecular weight is 401 g/mol. The standard InChI is InChI=1S/C18H21ClO6S/c1-18(2,3)25-17(22)14(15(20)10-5-6-10)16(21)12-8-7-11(19)9-13(12)26(4,23)24/h7-10,14H,5-6H2,1-4H3. The summed E-state index contributed by atoms with van der Waals surface area (Å²) in [6.45, 7) is 4.87. The van der Waals surface area contributed by atoms with Crippen molar-refractivity contribution in [3.05, 3.63) is 28.8 Å². The van der Waals surface area contributed by atoms with Crippen LogP contribution >= 0.6 is 11.6 Å². The van der Waals surface area contributed by atoms with Gasteiger partial charge in [-0.05, 0) is 51.8 Å². The van der Waals surface area contributed by atoms with Crippen LogP contribution in [0.25, 0.3) is 0 Å². The average Bonchev–Trinajstić information content (AvgIpc) is 3.28. The first kappa shape index (κ1) is 20.6. The number of halogens is 1. The number of hydrogen-bond acceptors (Lipinski definition) is 6. The number of ketones is 2. The van der Waals surface area contributed by atoms with Crippen molar-refractivity contribution in [3.8, 4) is 0 Å². The second-order valence-corrected chi connectivity index (χ2v) is 9.84. The monoisotopic (exact) mass is 400 g/mol. The van der Waals surface area contributed by atoms with Crippen LogP contribution in [0.5, 0.6) is 0 Å². The van der Waals surface area contributed by atoms with Crippen molar-refractivity contribution in [1.82, 2.24) is 0 Å². The molecule has 1 fully saturated rings. The molecule has 0 aliphatic heterocycles. The quantitative estimate of drug-likeness (QED) is 0.414. The van der Waals surface area contributed by atoms with E-state index in [1.54, 1.807) is 20.8 Å². The van der Waals surface area contributed by atoms with Gasteiger partial charge in [0.1, 0.15) is 5.60 Å². The molecule has 0 bridgehead atoms. The van der Waals surface area contributed by atoms with Crippen molar-refractivity contribution in [2.75, 3.05) is 6.26 Å². The SMILES string of the molecule is CC(C)(C)OC(=O)C(C(=O)c1ccc(Cl)cc1S(C)(=O)=O)C(=O)C1CC1. The maximum Gasteiger partial charge on any atom is 0.325 e. The fourth-order valence-electron chi connectivity index (χ4n) is 2.48. The van der Waals surface area contributed by atoms with E-state index in [1.807, 2.05) is 0 Å². The van der Waals surface area contributed by atoms with Crippen LogP contribution in [0, 0.1) is 11.8 Å². The first-order valence-electron chi connectivity index (χ1n) is 8.11. The molecule has 1 aliphatic carbocycles. The Labute approximate surface area is 157 Å². The maximum absolute atomic E-state index is 13.0. The topological polar surface area (TPSA) is 94.6 Å². The van der Waals surface area contributed by atoms with E-state index in [0.29, 0.717) is 12.8 Å². The Morgan fingerprint density at radius 1 is 1.19 bits per heavy atom. The number of ether oxygens (including phenoxy) is 1. The summed E-state index contributed by atoms with van der Waals surface area (Å²) in [5.41, 5.74) is -1.12. The summed E-state index contributed by atoms with van der Waals surface area (Å²) in [7, 11) is -3.79. The van der Waals surface area contributed by atoms with Crippen LogP contribution in [0.2, 0.25) is 5.02 Å². The van der Waals surface area contributed by atoms with Gasteiger partial charge in [-0.2, -0.15) is 0 Å². The predicted molar refractivity (Wildman–Crippen MR) is 96.0 cm³/mol. The van der Waals surface area contributed by atoms with E-state index < -0.39 is 38.9 Å². The lowest BCUT2D eigenvalue weighted by molar-refractivity contribution is -0.160. The van der Waals surface area contributed by atoms with E-state index in [9.17, 15) is 22.8 Å². The number of carbonyl (C=O) groups is 3. The van der Waals surface area contributed by atoms with Gasteiger partial charge in [-0.1, -0.05) is 11.6 Å². The summed E-state index contributed by atoms with van der Waals surface area (Å²) in [6.07, 6.45) is 2.14. The summed E-state index contributed by atoms with van der Waals surface area (Å²) in [6, 6.07) is 3.70. The van der Waals surface area contributed by atoms with Gasteiger partial charge in [0.25, 0.3) is 0 Å². The second kappa shape index (κ2) is 7.12. The molecule has 1 aliphatic rings. The zero-order valence-electron chi connectivity index (χ0n) is 15.0. The molecular weight excluding hydrogens is 380 g/mol. The van der Waals surface area contributed by atoms with E-state index in [2.05, 4.69) is 0 Å². The zero-order chi connectivity index (χ0) is 19.9. The van der Waals surface area contributed by atoms with Crippen molar-refractivity contribution in [3.63, 3.8) is 0 Å². The van der Waals surface area contributed by atoms with Gasteiger partial charge >= 0.3 is 5.97 Å². The van der Waals surface area contributed by atoms with Crippen molar-refractivity contribution in [2.24, 2.45) is 11.8 Å². The molecule has 0 saturated heterocycles. The third-order valence-electron chi connectivity index (χ3n) is 3.78. The van der Waals surface area contributed by atoms with E-state index in [-0.39, 0.29) is 21.4 Å². The Morgan fingerprint density at radius 2 is 1.77 bits per heavy atom. The summed E-state index contributed by atoms with van der Waals surface area (Å²) in [4.78, 5) is 37.8. The molecule has 142 valence electrons. The van der Waals surface area contributed by atoms with E-state index >= 15 is 0 Å². The van der Waals surface area contributed by atoms with Crippen LogP contribution in [0.4, 0.5) is 0 Å². The minimum atomic E-state index is -3.79. The summed E-state index contributed by atoms with van der Waals surface area (Å²) < 4.78 is 29.3. The Balaban J connectivity index is 2.51. The van der Waals surface area contributed by atoms with Gasteiger partial charge in [-0.25, -0.2) is 8.42 Å². The van der Waals surface area contributed by atoms with Gasteiger partial charge < -0.3 is 4.74 Å². The molecule has 0 amide bonds. The highest BCUT2D eigenvalue weighted by Gasteiger charge is 2.45. The molecule has 6 nitrogen and oxygen atoms in total. The van der Waals surface area contributed by atoms with Crippen LogP contribution in [-0.4, -0.2) is 37.8 Å². The van der Waals surface area contributed by atoms with E-state index in [1.165, 1.54) is 12.1 Å². The van der Waals surface area contributed by atoms with Crippen molar-refractivity contribution >= 4 is 39.0 Å². The second-order valence-electron chi connectivity index (χ2n) is 7.42. The van der Waals surface area contributed by atoms with Gasteiger partial charge in [-0.3, -0.25) is 14.4 Å². The third kappa shape index (κ3) is 4.92. The number of benzene rings is 1. The van der Waals surface area contributed by atoms with Crippen LogP contribution < -0.4 is 0 Å². The van der Waals surface area contributed by atoms with Gasteiger partial charge in [-0.15, -0.1) is 0 Å². The smallest absolute Gasteiger partial charge is 0.325 e. The molecule has 0 N–H and O–H groups in total. The molecular formula is C18H21ClO6S. The molecule has 0 spiro atoms. The minimum Gasteiger partial charge on any atom is -0.459 e. The highest BCUT2D eigenvalue weighted by molar-refractivity contribution is 7.90. The van der Waals surface area contributed by atoms with E-state index in [4.69, 9.17) is 16.3 Å². The van der Waals surface area contributed by atoms with Crippen molar-refractivity contribution in [1.29, 1.82) is 0 Å². The van der Waals surface area contributed by atoms with Crippen LogP contribution in [0.1, 0.15) is 44.0 Å². The fraction of sp³-hybridized carbons (Fsp3) is 0.500. The maximum atomic E-state index is 13.0. The zero-order valence-corrected chi connectivity index (χ0v) is 16.6. The molecule has 0 radical (unpaired) electrons. The van der Waals surface area contributed by atoms with Crippen molar-refractivity contribution in [2.45, 2.75) is 44.1 Å². The third-order valence-corrected chi connectivity index (χ3v) is 5.15. The summed E-state index contributed by atoms with van der Waals surface area (Å²) >= 11 is 5.85. The minimum absolute atomic E-state index is 0.129. The Kier molecular flexibility index (Phi) is 5.63. The predicted octanol–water partition coefficient (Wildman–Crippen LogP) is 2.86. The molecule has 2 rings (SSSR count). The first-order chi connectivity index (χ1) is 11.8. The van der Waals surface area contributed by atoms with Gasteiger partial charge in [0.2, 0.25) is 0 Å². The number of sulfone groups is 1. The highest BCUT2D eigenvalue weighted by Crippen LogP contribution is 2.35. The van der Waals surface area contributed by atoms with Gasteiger partial charge in [0, 0.05) is 22.8 Å². The molecule has 8 heteroatoms. The van der Waals surface area contributed by atoms with E-state index in [0.717, 1.165) is 12.3 Å². The van der Waals surface area contributed by atoms with Crippen LogP contribution in [0.15, 0.2) is 23.1 Å². The number of esters is 1. The van der Waals surface area contributed by atoms with Crippen LogP contribution in [-0.2, 0) is 24.2 Å². The lowest BCUT2D eigenvalue weighted by Crippen LogP contribution is -2.38. The first-order valence-corrected chi connectivity index (χ1v) is 10.4. The largest absolute Gasteiger partial charge is 0.459 e. The number of hydrogen-bond donors (Lipinski definition) is 0. The molecule has 26 heavy (non-hydrogen) atoms. The number of carbonyl (C=O) groups excluding carboxylic acids is 3. The molecule has 1 aromatic carbocycles. The summed E-state index contributed by atoms with van der Waals surface area (Å²) in [5.74, 6) is -4.42. The van der Waals surface area contributed by atoms with Crippen molar-refractivity contribution < 1.29 is 27.5 Å². The lowest BCUT2D eigenvalue weighted by Gasteiger charge is -2.23. The Morgan fingerprint density at radius 3 is 2.23 bits per heavy atom. The molecule has 0 heterocycles. The Bertz CT molecular complexity index is 862. The molecule has 0 aromatic heterocycles. The normalized spacial score (nSPS) is 16.0. The number of rotatable bonds is 6. The lowest BCUT2D eigenvalue weighted by atomic mass is 9.91. The number of Topliss-reactive ketones (excluding diaryl/α,β-unsaturated/α-hetero) is 2. The summed E-state index contributed by atoms with van der Waals surface area (Å²) in [5, 5.41) is 0.129. The van der Waals surface area contributed by atoms with Gasteiger partial charge in [0.05, 0.1) is 4.90 Å².